The zero-order valence-corrected chi connectivity index (χ0v) is 24.0. The van der Waals surface area contributed by atoms with E-state index in [1.165, 1.54) is 74.3 Å². The summed E-state index contributed by atoms with van der Waals surface area (Å²) < 4.78 is 10.4. The number of aryl methyl sites for hydroxylation is 1. The summed E-state index contributed by atoms with van der Waals surface area (Å²) in [5.41, 5.74) is 1.44. The van der Waals surface area contributed by atoms with Crippen LogP contribution in [0.3, 0.4) is 0 Å². The van der Waals surface area contributed by atoms with Crippen molar-refractivity contribution in [1.29, 1.82) is 0 Å². The highest BCUT2D eigenvalue weighted by Crippen LogP contribution is 2.31. The second-order valence-corrected chi connectivity index (χ2v) is 12.1. The van der Waals surface area contributed by atoms with Gasteiger partial charge in [-0.2, -0.15) is 0 Å². The summed E-state index contributed by atoms with van der Waals surface area (Å²) in [4.78, 5) is 30.0. The second-order valence-electron chi connectivity index (χ2n) is 11.2. The first kappa shape index (κ1) is 29.3. The fourth-order valence-electron chi connectivity index (χ4n) is 4.67. The van der Waals surface area contributed by atoms with Crippen LogP contribution in [0.2, 0.25) is 0 Å². The van der Waals surface area contributed by atoms with Crippen LogP contribution in [-0.4, -0.2) is 30.4 Å². The Kier molecular flexibility index (Phi) is 10.7. The minimum atomic E-state index is -0.373. The third-order valence-electron chi connectivity index (χ3n) is 6.87. The third-order valence-corrected chi connectivity index (χ3v) is 7.77. The van der Waals surface area contributed by atoms with Crippen molar-refractivity contribution in [2.75, 3.05) is 6.61 Å². The lowest BCUT2D eigenvalue weighted by Crippen LogP contribution is -2.36. The van der Waals surface area contributed by atoms with Gasteiger partial charge in [-0.05, 0) is 18.3 Å². The number of fused-ring (bicyclic) bond motifs is 1. The van der Waals surface area contributed by atoms with E-state index in [1.807, 2.05) is 4.57 Å². The van der Waals surface area contributed by atoms with Crippen molar-refractivity contribution in [3.63, 3.8) is 0 Å². The Bertz CT molecular complexity index is 1260. The van der Waals surface area contributed by atoms with Gasteiger partial charge in [0.1, 0.15) is 11.7 Å². The maximum atomic E-state index is 13.0. The standard InChI is InChI=1S/C28H44N4O4S/c1-28(2,3)15-13-11-9-7-6-8-10-12-14-16-36-20-32-17-22-23(26(34)31(5)27(35)30(22)4)24(32)25-29-21(18-33)19-37-25/h17,19,33H,6-16,18,20H2,1-5H3. The number of hydrogen-bond donors (Lipinski definition) is 1. The number of rotatable bonds is 15. The quantitative estimate of drug-likeness (QED) is 0.258. The Morgan fingerprint density at radius 1 is 0.946 bits per heavy atom. The van der Waals surface area contributed by atoms with E-state index >= 15 is 0 Å². The van der Waals surface area contributed by atoms with Crippen molar-refractivity contribution in [3.05, 3.63) is 38.1 Å². The number of thiazole rings is 1. The zero-order valence-electron chi connectivity index (χ0n) is 23.2. The molecule has 0 aromatic carbocycles. The van der Waals surface area contributed by atoms with Crippen LogP contribution in [0, 0.1) is 5.41 Å². The lowest BCUT2D eigenvalue weighted by atomic mass is 9.89. The van der Waals surface area contributed by atoms with Gasteiger partial charge in [-0.15, -0.1) is 11.3 Å². The molecule has 3 aromatic rings. The summed E-state index contributed by atoms with van der Waals surface area (Å²) in [7, 11) is 3.14. The van der Waals surface area contributed by atoms with Gasteiger partial charge in [0.15, 0.2) is 0 Å². The van der Waals surface area contributed by atoms with Gasteiger partial charge in [-0.3, -0.25) is 13.9 Å². The maximum Gasteiger partial charge on any atom is 0.330 e. The molecule has 8 nitrogen and oxygen atoms in total. The van der Waals surface area contributed by atoms with Crippen LogP contribution in [0.15, 0.2) is 21.2 Å². The number of ether oxygens (including phenoxy) is 1. The van der Waals surface area contributed by atoms with Gasteiger partial charge in [-0.25, -0.2) is 9.78 Å². The van der Waals surface area contributed by atoms with Gasteiger partial charge in [0.25, 0.3) is 5.56 Å². The fraction of sp³-hybridized carbons (Fsp3) is 0.679. The van der Waals surface area contributed by atoms with E-state index in [1.54, 1.807) is 18.6 Å². The Morgan fingerprint density at radius 3 is 2.16 bits per heavy atom. The molecular formula is C28H44N4O4S. The summed E-state index contributed by atoms with van der Waals surface area (Å²) in [6.45, 7) is 7.69. The van der Waals surface area contributed by atoms with E-state index < -0.39 is 0 Å². The summed E-state index contributed by atoms with van der Waals surface area (Å²) in [5.74, 6) is 0. The minimum Gasteiger partial charge on any atom is -0.390 e. The molecule has 0 aliphatic rings. The van der Waals surface area contributed by atoms with Crippen molar-refractivity contribution in [1.82, 2.24) is 18.7 Å². The van der Waals surface area contributed by atoms with Crippen molar-refractivity contribution < 1.29 is 9.84 Å². The maximum absolute atomic E-state index is 13.0. The van der Waals surface area contributed by atoms with Gasteiger partial charge in [0.05, 0.1) is 28.9 Å². The Balaban J connectivity index is 1.50. The smallest absolute Gasteiger partial charge is 0.330 e. The van der Waals surface area contributed by atoms with E-state index in [-0.39, 0.29) is 24.6 Å². The molecule has 0 aliphatic carbocycles. The Hall–Kier alpha value is -2.23. The van der Waals surface area contributed by atoms with E-state index in [0.29, 0.717) is 39.3 Å². The number of aromatic nitrogens is 4. The molecule has 0 unspecified atom stereocenters. The topological polar surface area (TPSA) is 91.3 Å². The molecule has 37 heavy (non-hydrogen) atoms. The molecule has 0 bridgehead atoms. The molecule has 0 radical (unpaired) electrons. The molecule has 0 spiro atoms. The highest BCUT2D eigenvalue weighted by atomic mass is 32.1. The molecule has 3 heterocycles. The van der Waals surface area contributed by atoms with Crippen LogP contribution in [0.5, 0.6) is 0 Å². The first-order valence-electron chi connectivity index (χ1n) is 13.6. The SMILES string of the molecule is Cn1c(=O)c2c(-c3nc(CO)cs3)n(COCCCCCCCCCCCC(C)(C)C)cc2n(C)c1=O. The normalized spacial score (nSPS) is 12.2. The average Bonchev–Trinajstić information content (AvgIpc) is 3.48. The molecule has 0 fully saturated rings. The highest BCUT2D eigenvalue weighted by molar-refractivity contribution is 7.13. The summed E-state index contributed by atoms with van der Waals surface area (Å²) in [6, 6.07) is 0. The zero-order chi connectivity index (χ0) is 27.0. The summed E-state index contributed by atoms with van der Waals surface area (Å²) >= 11 is 1.36. The number of nitrogens with zero attached hydrogens (tertiary/aromatic N) is 4. The molecule has 0 saturated heterocycles. The number of hydrogen-bond acceptors (Lipinski definition) is 6. The van der Waals surface area contributed by atoms with Crippen molar-refractivity contribution in [2.24, 2.45) is 19.5 Å². The van der Waals surface area contributed by atoms with Crippen LogP contribution in [-0.2, 0) is 32.2 Å². The molecular weight excluding hydrogens is 488 g/mol. The molecule has 3 rings (SSSR count). The van der Waals surface area contributed by atoms with Gasteiger partial charge in [0.2, 0.25) is 0 Å². The van der Waals surface area contributed by atoms with Crippen molar-refractivity contribution >= 4 is 22.2 Å². The molecule has 0 amide bonds. The minimum absolute atomic E-state index is 0.167. The Morgan fingerprint density at radius 2 is 1.57 bits per heavy atom. The van der Waals surface area contributed by atoms with Crippen LogP contribution in [0.25, 0.3) is 21.6 Å². The molecule has 3 aromatic heterocycles. The summed E-state index contributed by atoms with van der Waals surface area (Å²) in [5, 5.41) is 12.3. The average molecular weight is 533 g/mol. The van der Waals surface area contributed by atoms with Crippen LogP contribution in [0.1, 0.15) is 90.7 Å². The van der Waals surface area contributed by atoms with Crippen molar-refractivity contribution in [2.45, 2.75) is 98.3 Å². The van der Waals surface area contributed by atoms with Crippen LogP contribution >= 0.6 is 11.3 Å². The third kappa shape index (κ3) is 7.88. The van der Waals surface area contributed by atoms with Gasteiger partial charge >= 0.3 is 5.69 Å². The molecule has 0 atom stereocenters. The second kappa shape index (κ2) is 13.5. The molecule has 0 saturated carbocycles. The van der Waals surface area contributed by atoms with Gasteiger partial charge in [0, 0.05) is 32.3 Å². The van der Waals surface area contributed by atoms with Crippen LogP contribution < -0.4 is 11.2 Å². The predicted molar refractivity (Wildman–Crippen MR) is 151 cm³/mol. The van der Waals surface area contributed by atoms with E-state index in [2.05, 4.69) is 25.8 Å². The van der Waals surface area contributed by atoms with Crippen molar-refractivity contribution in [3.8, 4) is 10.7 Å². The molecule has 206 valence electrons. The number of unbranched alkanes of at least 4 members (excludes halogenated alkanes) is 8. The van der Waals surface area contributed by atoms with Crippen LogP contribution in [0.4, 0.5) is 0 Å². The monoisotopic (exact) mass is 532 g/mol. The van der Waals surface area contributed by atoms with E-state index in [4.69, 9.17) is 4.74 Å². The van der Waals surface area contributed by atoms with Gasteiger partial charge in [-0.1, -0.05) is 72.1 Å². The molecule has 0 aliphatic heterocycles. The van der Waals surface area contributed by atoms with Gasteiger partial charge < -0.3 is 14.4 Å². The largest absolute Gasteiger partial charge is 0.390 e. The first-order chi connectivity index (χ1) is 17.6. The highest BCUT2D eigenvalue weighted by Gasteiger charge is 2.21. The van der Waals surface area contributed by atoms with E-state index in [0.717, 1.165) is 17.4 Å². The molecule has 9 heteroatoms. The number of aliphatic hydroxyl groups is 1. The lowest BCUT2D eigenvalue weighted by molar-refractivity contribution is 0.0752. The number of aliphatic hydroxyl groups excluding tert-OH is 1. The summed E-state index contributed by atoms with van der Waals surface area (Å²) in [6.07, 6.45) is 14.4. The first-order valence-corrected chi connectivity index (χ1v) is 14.4. The predicted octanol–water partition coefficient (Wildman–Crippen LogP) is 5.58. The lowest BCUT2D eigenvalue weighted by Gasteiger charge is -2.17. The fourth-order valence-corrected chi connectivity index (χ4v) is 5.54. The molecule has 1 N–H and O–H groups in total. The van der Waals surface area contributed by atoms with E-state index in [9.17, 15) is 14.7 Å². The Labute approximate surface area is 223 Å².